The number of nitrogens with one attached hydrogen (secondary N) is 1. The number of aromatic hydroxyl groups is 1. The van der Waals surface area contributed by atoms with Gasteiger partial charge in [0, 0.05) is 18.0 Å². The Morgan fingerprint density at radius 2 is 1.89 bits per heavy atom. The van der Waals surface area contributed by atoms with Crippen LogP contribution in [0, 0.1) is 11.6 Å². The summed E-state index contributed by atoms with van der Waals surface area (Å²) in [6.45, 7) is 0. The molecule has 0 saturated carbocycles. The Morgan fingerprint density at radius 1 is 1.22 bits per heavy atom. The highest BCUT2D eigenvalue weighted by Crippen LogP contribution is 2.17. The number of nitrogens with zero attached hydrogens (tertiary/aromatic N) is 1. The number of aromatic nitrogens is 1. The second-order valence-electron chi connectivity index (χ2n) is 3.48. The molecular formula is C12H8F2N2O2. The standard InChI is InChI=1S/C12H8F2N2O2/c13-7-4-8(14)6-9(5-7)16-12(18)11-10(17)2-1-3-15-11/h1-6,17H,(H,16,18). The lowest BCUT2D eigenvalue weighted by atomic mass is 10.2. The topological polar surface area (TPSA) is 62.2 Å². The van der Waals surface area contributed by atoms with Gasteiger partial charge in [-0.25, -0.2) is 13.8 Å². The lowest BCUT2D eigenvalue weighted by Gasteiger charge is -2.06. The number of carbonyl (C=O) groups excluding carboxylic acids is 1. The fourth-order valence-corrected chi connectivity index (χ4v) is 1.39. The lowest BCUT2D eigenvalue weighted by Crippen LogP contribution is -2.14. The van der Waals surface area contributed by atoms with Crippen LogP contribution in [0.25, 0.3) is 0 Å². The molecule has 4 nitrogen and oxygen atoms in total. The van der Waals surface area contributed by atoms with Crippen LogP contribution in [0.1, 0.15) is 10.5 Å². The molecule has 1 amide bonds. The SMILES string of the molecule is O=C(Nc1cc(F)cc(F)c1)c1ncccc1O. The molecular weight excluding hydrogens is 242 g/mol. The summed E-state index contributed by atoms with van der Waals surface area (Å²) in [5, 5.41) is 11.6. The molecule has 2 rings (SSSR count). The Bertz CT molecular complexity index is 582. The van der Waals surface area contributed by atoms with Crippen molar-refractivity contribution < 1.29 is 18.7 Å². The number of pyridine rings is 1. The van der Waals surface area contributed by atoms with E-state index in [4.69, 9.17) is 0 Å². The zero-order valence-electron chi connectivity index (χ0n) is 9.02. The van der Waals surface area contributed by atoms with Crippen LogP contribution in [0.5, 0.6) is 5.75 Å². The van der Waals surface area contributed by atoms with Crippen molar-refractivity contribution in [1.29, 1.82) is 0 Å². The number of hydrogen-bond acceptors (Lipinski definition) is 3. The quantitative estimate of drug-likeness (QED) is 0.859. The molecule has 0 unspecified atom stereocenters. The van der Waals surface area contributed by atoms with Gasteiger partial charge < -0.3 is 10.4 Å². The molecule has 0 saturated heterocycles. The van der Waals surface area contributed by atoms with Crippen LogP contribution in [0.2, 0.25) is 0 Å². The van der Waals surface area contributed by atoms with Gasteiger partial charge in [0.05, 0.1) is 0 Å². The van der Waals surface area contributed by atoms with E-state index in [2.05, 4.69) is 10.3 Å². The minimum Gasteiger partial charge on any atom is -0.505 e. The maximum absolute atomic E-state index is 12.9. The molecule has 1 aromatic carbocycles. The van der Waals surface area contributed by atoms with Gasteiger partial charge in [-0.3, -0.25) is 4.79 Å². The molecule has 0 aliphatic carbocycles. The van der Waals surface area contributed by atoms with Crippen LogP contribution in [0.3, 0.4) is 0 Å². The Hall–Kier alpha value is -2.50. The molecule has 2 aromatic rings. The molecule has 0 spiro atoms. The zero-order chi connectivity index (χ0) is 13.1. The summed E-state index contributed by atoms with van der Waals surface area (Å²) in [6, 6.07) is 5.35. The van der Waals surface area contributed by atoms with Crippen molar-refractivity contribution in [3.8, 4) is 5.75 Å². The van der Waals surface area contributed by atoms with Gasteiger partial charge in [-0.1, -0.05) is 0 Å². The highest BCUT2D eigenvalue weighted by molar-refractivity contribution is 6.04. The van der Waals surface area contributed by atoms with E-state index in [9.17, 15) is 18.7 Å². The molecule has 6 heteroatoms. The highest BCUT2D eigenvalue weighted by atomic mass is 19.1. The van der Waals surface area contributed by atoms with E-state index in [1.807, 2.05) is 0 Å². The van der Waals surface area contributed by atoms with Gasteiger partial charge in [-0.2, -0.15) is 0 Å². The fraction of sp³-hybridized carbons (Fsp3) is 0. The monoisotopic (exact) mass is 250 g/mol. The smallest absolute Gasteiger partial charge is 0.278 e. The number of hydrogen-bond donors (Lipinski definition) is 2. The predicted octanol–water partition coefficient (Wildman–Crippen LogP) is 2.32. The normalized spacial score (nSPS) is 10.1. The average Bonchev–Trinajstić information content (AvgIpc) is 2.27. The van der Waals surface area contributed by atoms with Crippen LogP contribution in [-0.4, -0.2) is 16.0 Å². The largest absolute Gasteiger partial charge is 0.505 e. The molecule has 1 aromatic heterocycles. The van der Waals surface area contributed by atoms with Gasteiger partial charge in [-0.05, 0) is 24.3 Å². The third-order valence-electron chi connectivity index (χ3n) is 2.12. The van der Waals surface area contributed by atoms with Crippen molar-refractivity contribution in [3.63, 3.8) is 0 Å². The molecule has 0 atom stereocenters. The van der Waals surface area contributed by atoms with Gasteiger partial charge in [0.2, 0.25) is 0 Å². The van der Waals surface area contributed by atoms with E-state index < -0.39 is 17.5 Å². The van der Waals surface area contributed by atoms with Crippen molar-refractivity contribution in [2.45, 2.75) is 0 Å². The van der Waals surface area contributed by atoms with Crippen LogP contribution in [0.4, 0.5) is 14.5 Å². The highest BCUT2D eigenvalue weighted by Gasteiger charge is 2.13. The summed E-state index contributed by atoms with van der Waals surface area (Å²) in [5.41, 5.74) is -0.273. The number of rotatable bonds is 2. The van der Waals surface area contributed by atoms with Gasteiger partial charge >= 0.3 is 0 Å². The third kappa shape index (κ3) is 2.60. The molecule has 0 bridgehead atoms. The van der Waals surface area contributed by atoms with Crippen LogP contribution >= 0.6 is 0 Å². The minimum atomic E-state index is -0.810. The Labute approximate surface area is 101 Å². The van der Waals surface area contributed by atoms with Crippen LogP contribution < -0.4 is 5.32 Å². The Morgan fingerprint density at radius 3 is 2.50 bits per heavy atom. The lowest BCUT2D eigenvalue weighted by molar-refractivity contribution is 0.101. The average molecular weight is 250 g/mol. The van der Waals surface area contributed by atoms with Crippen molar-refractivity contribution >= 4 is 11.6 Å². The fourth-order valence-electron chi connectivity index (χ4n) is 1.39. The first kappa shape index (κ1) is 12.0. The van der Waals surface area contributed by atoms with Crippen molar-refractivity contribution in [2.24, 2.45) is 0 Å². The Balaban J connectivity index is 2.24. The second-order valence-corrected chi connectivity index (χ2v) is 3.48. The Kier molecular flexibility index (Phi) is 3.18. The summed E-state index contributed by atoms with van der Waals surface area (Å²) in [4.78, 5) is 15.3. The van der Waals surface area contributed by atoms with Crippen molar-refractivity contribution in [2.75, 3.05) is 5.32 Å². The second kappa shape index (κ2) is 4.79. The van der Waals surface area contributed by atoms with Crippen molar-refractivity contribution in [3.05, 3.63) is 53.9 Å². The first-order chi connectivity index (χ1) is 8.56. The van der Waals surface area contributed by atoms with Crippen LogP contribution in [-0.2, 0) is 0 Å². The summed E-state index contributed by atoms with van der Waals surface area (Å²) in [7, 11) is 0. The summed E-state index contributed by atoms with van der Waals surface area (Å²) >= 11 is 0. The van der Waals surface area contributed by atoms with Gasteiger partial charge in [0.15, 0.2) is 5.69 Å². The third-order valence-corrected chi connectivity index (χ3v) is 2.12. The maximum Gasteiger partial charge on any atom is 0.278 e. The van der Waals surface area contributed by atoms with Crippen LogP contribution in [0.15, 0.2) is 36.5 Å². The van der Waals surface area contributed by atoms with Gasteiger partial charge in [0.1, 0.15) is 17.4 Å². The molecule has 92 valence electrons. The molecule has 1 heterocycles. The molecule has 0 aliphatic rings. The van der Waals surface area contributed by atoms with E-state index in [1.165, 1.54) is 18.3 Å². The molecule has 0 radical (unpaired) electrons. The number of amides is 1. The van der Waals surface area contributed by atoms with E-state index >= 15 is 0 Å². The van der Waals surface area contributed by atoms with Gasteiger partial charge in [0.25, 0.3) is 5.91 Å². The van der Waals surface area contributed by atoms with E-state index in [1.54, 1.807) is 0 Å². The summed E-state index contributed by atoms with van der Waals surface area (Å²) < 4.78 is 25.8. The molecule has 2 N–H and O–H groups in total. The zero-order valence-corrected chi connectivity index (χ0v) is 9.02. The number of anilines is 1. The predicted molar refractivity (Wildman–Crippen MR) is 60.2 cm³/mol. The maximum atomic E-state index is 12.9. The van der Waals surface area contributed by atoms with Crippen molar-refractivity contribution in [1.82, 2.24) is 4.98 Å². The van der Waals surface area contributed by atoms with E-state index in [0.29, 0.717) is 6.07 Å². The molecule has 0 fully saturated rings. The number of carbonyl (C=O) groups is 1. The first-order valence-corrected chi connectivity index (χ1v) is 4.97. The van der Waals surface area contributed by atoms with E-state index in [0.717, 1.165) is 12.1 Å². The molecule has 0 aliphatic heterocycles. The first-order valence-electron chi connectivity index (χ1n) is 4.97. The van der Waals surface area contributed by atoms with E-state index in [-0.39, 0.29) is 17.1 Å². The number of halogens is 2. The summed E-state index contributed by atoms with van der Waals surface area (Å²) in [5.74, 6) is -2.68. The number of benzene rings is 1. The minimum absolute atomic E-state index is 0.0532. The summed E-state index contributed by atoms with van der Waals surface area (Å²) in [6.07, 6.45) is 1.32. The molecule has 18 heavy (non-hydrogen) atoms. The van der Waals surface area contributed by atoms with Gasteiger partial charge in [-0.15, -0.1) is 0 Å².